The standard InChI is InChI=1S/C24H31O4P.2C4H11N/c1-17(14-18-6-8-19(9-7-18)16-28-29(25,26)27)20-10-11-21-22(15-20)24(4,5)13-12-23(21,2)3;2*1-3-5-4-2/h6-11,14-15H,12-13,16H2,1-5H3,(H2,25,26,27);2*5H,3-4H2,1-2H3. The Hall–Kier alpha value is -1.79. The minimum atomic E-state index is -4.45. The molecule has 7 heteroatoms. The van der Waals surface area contributed by atoms with Gasteiger partial charge in [0.25, 0.3) is 0 Å². The molecule has 0 amide bonds. The second-order valence-electron chi connectivity index (χ2n) is 11.3. The van der Waals surface area contributed by atoms with Gasteiger partial charge in [0.05, 0.1) is 6.61 Å². The van der Waals surface area contributed by atoms with Crippen LogP contribution in [-0.4, -0.2) is 36.0 Å². The number of rotatable bonds is 9. The van der Waals surface area contributed by atoms with Crippen LogP contribution in [0.2, 0.25) is 0 Å². The summed E-state index contributed by atoms with van der Waals surface area (Å²) in [6.07, 6.45) is 4.53. The van der Waals surface area contributed by atoms with Gasteiger partial charge in [-0.1, -0.05) is 104 Å². The van der Waals surface area contributed by atoms with Crippen molar-refractivity contribution in [2.75, 3.05) is 26.2 Å². The topological polar surface area (TPSA) is 90.8 Å². The molecule has 2 aromatic carbocycles. The molecule has 3 rings (SSSR count). The van der Waals surface area contributed by atoms with E-state index in [-0.39, 0.29) is 17.4 Å². The molecule has 1 aliphatic carbocycles. The quantitative estimate of drug-likeness (QED) is 0.188. The van der Waals surface area contributed by atoms with Gasteiger partial charge in [0.1, 0.15) is 0 Å². The Kier molecular flexibility index (Phi) is 14.9. The first-order chi connectivity index (χ1) is 18.2. The van der Waals surface area contributed by atoms with Crippen molar-refractivity contribution in [2.45, 2.75) is 92.6 Å². The van der Waals surface area contributed by atoms with Gasteiger partial charge in [-0.05, 0) is 90.2 Å². The van der Waals surface area contributed by atoms with E-state index in [1.54, 1.807) is 0 Å². The minimum absolute atomic E-state index is 0.108. The van der Waals surface area contributed by atoms with E-state index in [1.807, 2.05) is 24.3 Å². The first kappa shape index (κ1) is 35.2. The monoisotopic (exact) mass is 560 g/mol. The summed E-state index contributed by atoms with van der Waals surface area (Å²) < 4.78 is 15.4. The van der Waals surface area contributed by atoms with E-state index in [2.05, 4.69) is 102 Å². The van der Waals surface area contributed by atoms with Gasteiger partial charge in [-0.15, -0.1) is 0 Å². The number of fused-ring (bicyclic) bond motifs is 1. The van der Waals surface area contributed by atoms with E-state index < -0.39 is 7.82 Å². The van der Waals surface area contributed by atoms with Crippen LogP contribution in [0.5, 0.6) is 0 Å². The van der Waals surface area contributed by atoms with Crippen LogP contribution in [0.15, 0.2) is 42.5 Å². The Morgan fingerprint density at radius 2 is 1.33 bits per heavy atom. The number of phosphoric ester groups is 1. The highest BCUT2D eigenvalue weighted by Crippen LogP contribution is 2.46. The van der Waals surface area contributed by atoms with E-state index in [1.165, 1.54) is 35.1 Å². The molecule has 0 unspecified atom stereocenters. The Labute approximate surface area is 237 Å². The van der Waals surface area contributed by atoms with Crippen LogP contribution in [0.4, 0.5) is 0 Å². The molecular formula is C32H53N2O4P. The zero-order valence-corrected chi connectivity index (χ0v) is 26.6. The van der Waals surface area contributed by atoms with E-state index >= 15 is 0 Å². The van der Waals surface area contributed by atoms with E-state index in [9.17, 15) is 4.57 Å². The van der Waals surface area contributed by atoms with Crippen molar-refractivity contribution in [3.8, 4) is 0 Å². The average Bonchev–Trinajstić information content (AvgIpc) is 2.87. The number of benzene rings is 2. The first-order valence-electron chi connectivity index (χ1n) is 14.2. The zero-order chi connectivity index (χ0) is 29.7. The molecule has 6 nitrogen and oxygen atoms in total. The first-order valence-corrected chi connectivity index (χ1v) is 15.8. The lowest BCUT2D eigenvalue weighted by Gasteiger charge is -2.42. The third-order valence-corrected chi connectivity index (χ3v) is 7.54. The fourth-order valence-electron chi connectivity index (χ4n) is 4.54. The third kappa shape index (κ3) is 12.5. The van der Waals surface area contributed by atoms with Crippen LogP contribution in [0.25, 0.3) is 11.6 Å². The van der Waals surface area contributed by atoms with Crippen molar-refractivity contribution in [1.29, 1.82) is 0 Å². The van der Waals surface area contributed by atoms with Gasteiger partial charge in [-0.3, -0.25) is 4.52 Å². The van der Waals surface area contributed by atoms with Crippen LogP contribution >= 0.6 is 7.82 Å². The maximum Gasteiger partial charge on any atom is 0.469 e. The molecule has 4 N–H and O–H groups in total. The van der Waals surface area contributed by atoms with Crippen LogP contribution in [-0.2, 0) is 26.5 Å². The maximum absolute atomic E-state index is 10.8. The number of hydrogen-bond donors (Lipinski definition) is 4. The lowest BCUT2D eigenvalue weighted by atomic mass is 9.63. The Morgan fingerprint density at radius 1 is 0.846 bits per heavy atom. The molecule has 0 aliphatic heterocycles. The van der Waals surface area contributed by atoms with Gasteiger partial charge in [0.2, 0.25) is 0 Å². The highest BCUT2D eigenvalue weighted by atomic mass is 31.2. The van der Waals surface area contributed by atoms with Gasteiger partial charge in [-0.2, -0.15) is 0 Å². The second kappa shape index (κ2) is 16.5. The van der Waals surface area contributed by atoms with Crippen LogP contribution in [0.1, 0.15) is 103 Å². The molecular weight excluding hydrogens is 507 g/mol. The highest BCUT2D eigenvalue weighted by Gasteiger charge is 2.36. The van der Waals surface area contributed by atoms with E-state index in [4.69, 9.17) is 9.79 Å². The molecule has 0 bridgehead atoms. The van der Waals surface area contributed by atoms with E-state index in [0.717, 1.165) is 37.3 Å². The molecule has 2 aromatic rings. The number of allylic oxidation sites excluding steroid dienone is 1. The van der Waals surface area contributed by atoms with Crippen molar-refractivity contribution < 1.29 is 18.9 Å². The predicted molar refractivity (Wildman–Crippen MR) is 167 cm³/mol. The SMILES string of the molecule is CC(=Cc1ccc(COP(=O)(O)O)cc1)c1ccc2c(c1)C(C)(C)CCC2(C)C.CCNCC.CCNCC. The summed E-state index contributed by atoms with van der Waals surface area (Å²) in [6, 6.07) is 14.4. The van der Waals surface area contributed by atoms with E-state index in [0.29, 0.717) is 0 Å². The number of hydrogen-bond acceptors (Lipinski definition) is 4. The summed E-state index contributed by atoms with van der Waals surface area (Å²) in [5.74, 6) is 0. The molecule has 0 saturated heterocycles. The fraction of sp³-hybridized carbons (Fsp3) is 0.562. The minimum Gasteiger partial charge on any atom is -0.317 e. The lowest BCUT2D eigenvalue weighted by Crippen LogP contribution is -2.33. The molecule has 0 saturated carbocycles. The summed E-state index contributed by atoms with van der Waals surface area (Å²) in [5, 5.41) is 6.22. The zero-order valence-electron chi connectivity index (χ0n) is 25.7. The van der Waals surface area contributed by atoms with Crippen LogP contribution < -0.4 is 10.6 Å². The largest absolute Gasteiger partial charge is 0.469 e. The third-order valence-electron chi connectivity index (χ3n) is 7.07. The van der Waals surface area contributed by atoms with Gasteiger partial charge in [0.15, 0.2) is 0 Å². The highest BCUT2D eigenvalue weighted by molar-refractivity contribution is 7.46. The van der Waals surface area contributed by atoms with Gasteiger partial charge >= 0.3 is 7.82 Å². The molecule has 220 valence electrons. The van der Waals surface area contributed by atoms with Crippen LogP contribution in [0.3, 0.4) is 0 Å². The van der Waals surface area contributed by atoms with Crippen molar-refractivity contribution in [3.05, 3.63) is 70.3 Å². The maximum atomic E-state index is 10.8. The van der Waals surface area contributed by atoms with Gasteiger partial charge < -0.3 is 20.4 Å². The smallest absolute Gasteiger partial charge is 0.317 e. The van der Waals surface area contributed by atoms with Crippen molar-refractivity contribution in [3.63, 3.8) is 0 Å². The summed E-state index contributed by atoms with van der Waals surface area (Å²) >= 11 is 0. The predicted octanol–water partition coefficient (Wildman–Crippen LogP) is 7.44. The van der Waals surface area contributed by atoms with Crippen LogP contribution in [0, 0.1) is 0 Å². The van der Waals surface area contributed by atoms with Crippen molar-refractivity contribution >= 4 is 19.5 Å². The molecule has 0 atom stereocenters. The molecule has 0 spiro atoms. The molecule has 0 radical (unpaired) electrons. The Balaban J connectivity index is 0.000000650. The number of nitrogens with one attached hydrogen (secondary N) is 2. The van der Waals surface area contributed by atoms with Crippen molar-refractivity contribution in [2.24, 2.45) is 0 Å². The molecule has 0 heterocycles. The summed E-state index contributed by atoms with van der Waals surface area (Å²) in [7, 11) is -4.45. The molecule has 1 aliphatic rings. The van der Waals surface area contributed by atoms with Gasteiger partial charge in [0, 0.05) is 0 Å². The molecule has 0 fully saturated rings. The summed E-state index contributed by atoms with van der Waals surface area (Å²) in [4.78, 5) is 17.6. The fourth-order valence-corrected chi connectivity index (χ4v) is 4.85. The Morgan fingerprint density at radius 3 is 1.77 bits per heavy atom. The number of phosphoric acid groups is 1. The lowest BCUT2D eigenvalue weighted by molar-refractivity contribution is 0.189. The second-order valence-corrected chi connectivity index (χ2v) is 12.5. The van der Waals surface area contributed by atoms with Gasteiger partial charge in [-0.25, -0.2) is 4.57 Å². The molecule has 39 heavy (non-hydrogen) atoms. The van der Waals surface area contributed by atoms with Crippen molar-refractivity contribution in [1.82, 2.24) is 10.6 Å². The Bertz CT molecular complexity index is 1060. The summed E-state index contributed by atoms with van der Waals surface area (Å²) in [6.45, 7) is 24.1. The molecule has 0 aromatic heterocycles. The average molecular weight is 561 g/mol. The summed E-state index contributed by atoms with van der Waals surface area (Å²) in [5.41, 5.74) is 7.48. The normalized spacial score (nSPS) is 15.8.